The first-order chi connectivity index (χ1) is 16.7. The van der Waals surface area contributed by atoms with Crippen LogP contribution in [0.25, 0.3) is 0 Å². The van der Waals surface area contributed by atoms with Gasteiger partial charge < -0.3 is 29.9 Å². The van der Waals surface area contributed by atoms with Crippen LogP contribution in [-0.4, -0.2) is 82.8 Å². The number of hydrogen-bond donors (Lipinski definition) is 5. The summed E-state index contributed by atoms with van der Waals surface area (Å²) in [6.45, 7) is 5.94. The van der Waals surface area contributed by atoms with Gasteiger partial charge in [0.15, 0.2) is 12.2 Å². The number of aliphatic hydroxyl groups excluding tert-OH is 4. The van der Waals surface area contributed by atoms with Crippen molar-refractivity contribution in [1.82, 2.24) is 5.43 Å². The van der Waals surface area contributed by atoms with E-state index in [0.717, 1.165) is 26.1 Å². The molecule has 5 N–H and O–H groups in total. The average molecular weight is 501 g/mol. The summed E-state index contributed by atoms with van der Waals surface area (Å²) in [5, 5.41) is 35.0. The Morgan fingerprint density at radius 3 is 1.89 bits per heavy atom. The lowest BCUT2D eigenvalue weighted by atomic mass is 10.0. The van der Waals surface area contributed by atoms with Gasteiger partial charge in [0.25, 0.3) is 11.8 Å². The molecule has 0 aliphatic carbocycles. The molecule has 2 amide bonds. The van der Waals surface area contributed by atoms with E-state index in [-0.39, 0.29) is 11.8 Å². The standard InChI is InChI=1S/C13H16N2O2.C6H10O7.C4H10O/c1-2-3-9-11-12(16)14-15(13(11)17)10-7-5-4-6-8-10;7-1-3(9)5(11)13-6(12)4(10)2-8;1-3-5-4-2/h4-8,11H,2-3,9H2,1H3,(H,14,16);3-4,7-10H,1-2H2;3-4H2,1-2H3. The third-order valence-corrected chi connectivity index (χ3v) is 4.42. The molecule has 1 heterocycles. The van der Waals surface area contributed by atoms with Crippen molar-refractivity contribution in [3.63, 3.8) is 0 Å². The number of hydrogen-bond acceptors (Lipinski definition) is 10. The van der Waals surface area contributed by atoms with Crippen LogP contribution in [0, 0.1) is 5.92 Å². The summed E-state index contributed by atoms with van der Waals surface area (Å²) in [7, 11) is 0. The highest BCUT2D eigenvalue weighted by molar-refractivity contribution is 6.14. The number of anilines is 1. The quantitative estimate of drug-likeness (QED) is 0.211. The molecule has 0 radical (unpaired) electrons. The van der Waals surface area contributed by atoms with E-state index in [9.17, 15) is 19.2 Å². The normalized spacial score (nSPS) is 16.2. The zero-order chi connectivity index (χ0) is 26.8. The summed E-state index contributed by atoms with van der Waals surface area (Å²) < 4.78 is 8.69. The lowest BCUT2D eigenvalue weighted by molar-refractivity contribution is -0.173. The highest BCUT2D eigenvalue weighted by Crippen LogP contribution is 2.22. The van der Waals surface area contributed by atoms with Gasteiger partial charge in [0.2, 0.25) is 0 Å². The minimum atomic E-state index is -1.82. The van der Waals surface area contributed by atoms with Crippen molar-refractivity contribution in [2.45, 2.75) is 52.2 Å². The summed E-state index contributed by atoms with van der Waals surface area (Å²) in [5.74, 6) is -3.60. The Bertz CT molecular complexity index is 753. The van der Waals surface area contributed by atoms with Gasteiger partial charge in [0, 0.05) is 13.2 Å². The van der Waals surface area contributed by atoms with E-state index >= 15 is 0 Å². The number of hydrazine groups is 1. The molecule has 0 spiro atoms. The van der Waals surface area contributed by atoms with Crippen LogP contribution in [-0.2, 0) is 28.7 Å². The second-order valence-corrected chi connectivity index (χ2v) is 7.10. The summed E-state index contributed by atoms with van der Waals surface area (Å²) >= 11 is 0. The Kier molecular flexibility index (Phi) is 16.9. The second kappa shape index (κ2) is 18.4. The number of aliphatic hydroxyl groups is 4. The van der Waals surface area contributed by atoms with Gasteiger partial charge in [-0.2, -0.15) is 0 Å². The fourth-order valence-corrected chi connectivity index (χ4v) is 2.53. The minimum absolute atomic E-state index is 0.144. The average Bonchev–Trinajstić information content (AvgIpc) is 3.16. The molecule has 0 aromatic heterocycles. The van der Waals surface area contributed by atoms with E-state index in [1.165, 1.54) is 5.01 Å². The smallest absolute Gasteiger partial charge is 0.345 e. The Morgan fingerprint density at radius 1 is 0.971 bits per heavy atom. The molecule has 1 aromatic rings. The fraction of sp³-hybridized carbons (Fsp3) is 0.565. The third-order valence-electron chi connectivity index (χ3n) is 4.42. The number of amides is 2. The molecule has 3 unspecified atom stereocenters. The SMILES string of the molecule is CCCCC1C(=O)NN(c2ccccc2)C1=O.CCOCC.O=C(OC(=O)C(O)CO)C(O)CO. The molecule has 2 rings (SSSR count). The summed E-state index contributed by atoms with van der Waals surface area (Å²) in [6.07, 6.45) is -1.14. The van der Waals surface area contributed by atoms with Gasteiger partial charge in [-0.25, -0.2) is 14.6 Å². The van der Waals surface area contributed by atoms with Crippen LogP contribution in [0.5, 0.6) is 0 Å². The highest BCUT2D eigenvalue weighted by atomic mass is 16.6. The van der Waals surface area contributed by atoms with Gasteiger partial charge >= 0.3 is 11.9 Å². The predicted molar refractivity (Wildman–Crippen MR) is 125 cm³/mol. The van der Waals surface area contributed by atoms with Crippen LogP contribution in [0.2, 0.25) is 0 Å². The first-order valence-electron chi connectivity index (χ1n) is 11.3. The van der Waals surface area contributed by atoms with Gasteiger partial charge in [-0.15, -0.1) is 0 Å². The molecule has 35 heavy (non-hydrogen) atoms. The molecule has 0 bridgehead atoms. The van der Waals surface area contributed by atoms with Gasteiger partial charge in [0.1, 0.15) is 5.92 Å². The van der Waals surface area contributed by atoms with Crippen molar-refractivity contribution in [2.24, 2.45) is 5.92 Å². The zero-order valence-corrected chi connectivity index (χ0v) is 20.3. The number of nitrogens with zero attached hydrogens (tertiary/aromatic N) is 1. The molecule has 1 aliphatic rings. The highest BCUT2D eigenvalue weighted by Gasteiger charge is 2.39. The van der Waals surface area contributed by atoms with Crippen LogP contribution < -0.4 is 10.4 Å². The molecule has 198 valence electrons. The van der Waals surface area contributed by atoms with E-state index in [1.807, 2.05) is 39.0 Å². The van der Waals surface area contributed by atoms with Crippen molar-refractivity contribution in [1.29, 1.82) is 0 Å². The van der Waals surface area contributed by atoms with E-state index in [4.69, 9.17) is 25.2 Å². The van der Waals surface area contributed by atoms with E-state index < -0.39 is 43.3 Å². The van der Waals surface area contributed by atoms with Crippen molar-refractivity contribution in [2.75, 3.05) is 31.4 Å². The van der Waals surface area contributed by atoms with Crippen molar-refractivity contribution < 1.29 is 49.1 Å². The summed E-state index contributed by atoms with van der Waals surface area (Å²) in [4.78, 5) is 44.9. The number of rotatable bonds is 10. The van der Waals surface area contributed by atoms with Crippen LogP contribution in [0.1, 0.15) is 40.0 Å². The Labute approximate surface area is 204 Å². The molecule has 1 saturated heterocycles. The molecule has 1 aliphatic heterocycles. The maximum Gasteiger partial charge on any atom is 0.345 e. The van der Waals surface area contributed by atoms with Gasteiger partial charge in [-0.1, -0.05) is 38.0 Å². The molecule has 12 heteroatoms. The Balaban J connectivity index is 0.000000571. The molecule has 1 aromatic carbocycles. The Hall–Kier alpha value is -2.90. The maximum absolute atomic E-state index is 12.1. The van der Waals surface area contributed by atoms with Crippen molar-refractivity contribution in [3.05, 3.63) is 30.3 Å². The largest absolute Gasteiger partial charge is 0.393 e. The van der Waals surface area contributed by atoms with Gasteiger partial charge in [0.05, 0.1) is 18.9 Å². The van der Waals surface area contributed by atoms with Crippen molar-refractivity contribution >= 4 is 29.4 Å². The number of ether oxygens (including phenoxy) is 2. The minimum Gasteiger partial charge on any atom is -0.393 e. The number of carbonyl (C=O) groups excluding carboxylic acids is 4. The number of para-hydroxylation sites is 1. The number of nitrogens with one attached hydrogen (secondary N) is 1. The fourth-order valence-electron chi connectivity index (χ4n) is 2.53. The molecule has 1 fully saturated rings. The molecular formula is C23H36N2O10. The zero-order valence-electron chi connectivity index (χ0n) is 20.3. The Morgan fingerprint density at radius 2 is 1.49 bits per heavy atom. The van der Waals surface area contributed by atoms with E-state index in [0.29, 0.717) is 12.1 Å². The first-order valence-corrected chi connectivity index (χ1v) is 11.3. The van der Waals surface area contributed by atoms with Crippen LogP contribution >= 0.6 is 0 Å². The topological polar surface area (TPSA) is 183 Å². The molecule has 12 nitrogen and oxygen atoms in total. The predicted octanol–water partition coefficient (Wildman–Crippen LogP) is -0.324. The van der Waals surface area contributed by atoms with Gasteiger partial charge in [-0.05, 0) is 32.4 Å². The van der Waals surface area contributed by atoms with Gasteiger partial charge in [-0.3, -0.25) is 15.0 Å². The molecular weight excluding hydrogens is 464 g/mol. The number of carbonyl (C=O) groups is 4. The van der Waals surface area contributed by atoms with Crippen LogP contribution in [0.15, 0.2) is 30.3 Å². The first kappa shape index (κ1) is 32.1. The lowest BCUT2D eigenvalue weighted by Gasteiger charge is -2.14. The maximum atomic E-state index is 12.1. The third kappa shape index (κ3) is 11.9. The lowest BCUT2D eigenvalue weighted by Crippen LogP contribution is -2.35. The number of unbranched alkanes of at least 4 members (excludes halogenated alkanes) is 1. The summed E-state index contributed by atoms with van der Waals surface area (Å²) in [6, 6.07) is 9.17. The van der Waals surface area contributed by atoms with Crippen molar-refractivity contribution in [3.8, 4) is 0 Å². The molecule has 0 saturated carbocycles. The molecule has 3 atom stereocenters. The monoisotopic (exact) mass is 500 g/mol. The summed E-state index contributed by atoms with van der Waals surface area (Å²) in [5.41, 5.74) is 3.34. The van der Waals surface area contributed by atoms with E-state index in [1.54, 1.807) is 12.1 Å². The van der Waals surface area contributed by atoms with Crippen LogP contribution in [0.4, 0.5) is 5.69 Å². The second-order valence-electron chi connectivity index (χ2n) is 7.10. The number of benzene rings is 1. The number of esters is 2. The van der Waals surface area contributed by atoms with E-state index in [2.05, 4.69) is 10.2 Å². The van der Waals surface area contributed by atoms with Crippen LogP contribution in [0.3, 0.4) is 0 Å².